The molecule has 1 N–H and O–H groups in total. The van der Waals surface area contributed by atoms with E-state index in [4.69, 9.17) is 4.74 Å². The maximum atomic E-state index is 12.7. The summed E-state index contributed by atoms with van der Waals surface area (Å²) in [6.45, 7) is 2.81. The molecule has 0 aromatic heterocycles. The van der Waals surface area contributed by atoms with Crippen molar-refractivity contribution in [3.63, 3.8) is 0 Å². The average Bonchev–Trinajstić information content (AvgIpc) is 3.28. The maximum absolute atomic E-state index is 12.7. The second kappa shape index (κ2) is 6.16. The van der Waals surface area contributed by atoms with Crippen molar-refractivity contribution in [1.82, 2.24) is 5.32 Å². The van der Waals surface area contributed by atoms with Crippen LogP contribution in [0.25, 0.3) is 0 Å². The monoisotopic (exact) mass is 288 g/mol. The third kappa shape index (κ3) is 3.11. The van der Waals surface area contributed by atoms with Crippen LogP contribution in [0.3, 0.4) is 0 Å². The molecule has 1 heterocycles. The Labute approximate surface area is 126 Å². The summed E-state index contributed by atoms with van der Waals surface area (Å²) in [5.74, 6) is 0.870. The SMILES string of the molecule is COCC(NC1CC(C)N(c2ccccc2)C1=O)C1CC1. The van der Waals surface area contributed by atoms with E-state index in [-0.39, 0.29) is 18.0 Å². The zero-order valence-corrected chi connectivity index (χ0v) is 12.8. The molecule has 3 rings (SSSR count). The van der Waals surface area contributed by atoms with Gasteiger partial charge >= 0.3 is 0 Å². The molecule has 1 aliphatic carbocycles. The molecule has 1 saturated heterocycles. The summed E-state index contributed by atoms with van der Waals surface area (Å²) in [6.07, 6.45) is 3.36. The van der Waals surface area contributed by atoms with Gasteiger partial charge in [-0.3, -0.25) is 4.79 Å². The largest absolute Gasteiger partial charge is 0.383 e. The lowest BCUT2D eigenvalue weighted by Crippen LogP contribution is -2.46. The lowest BCUT2D eigenvalue weighted by molar-refractivity contribution is -0.119. The van der Waals surface area contributed by atoms with Gasteiger partial charge in [-0.1, -0.05) is 18.2 Å². The van der Waals surface area contributed by atoms with Crippen LogP contribution in [-0.2, 0) is 9.53 Å². The van der Waals surface area contributed by atoms with Crippen molar-refractivity contribution in [3.8, 4) is 0 Å². The third-order valence-electron chi connectivity index (χ3n) is 4.54. The van der Waals surface area contributed by atoms with Gasteiger partial charge in [-0.2, -0.15) is 0 Å². The first kappa shape index (κ1) is 14.5. The van der Waals surface area contributed by atoms with Crippen LogP contribution in [0.2, 0.25) is 0 Å². The van der Waals surface area contributed by atoms with Crippen molar-refractivity contribution in [3.05, 3.63) is 30.3 Å². The fourth-order valence-corrected chi connectivity index (χ4v) is 3.30. The minimum atomic E-state index is -0.0824. The van der Waals surface area contributed by atoms with Crippen LogP contribution in [0.5, 0.6) is 0 Å². The first-order valence-corrected chi connectivity index (χ1v) is 7.84. The number of para-hydroxylation sites is 1. The Morgan fingerprint density at radius 1 is 1.33 bits per heavy atom. The van der Waals surface area contributed by atoms with Crippen LogP contribution in [0.15, 0.2) is 30.3 Å². The Morgan fingerprint density at radius 3 is 2.67 bits per heavy atom. The molecule has 1 amide bonds. The molecule has 1 aliphatic heterocycles. The molecule has 1 aromatic carbocycles. The highest BCUT2D eigenvalue weighted by Gasteiger charge is 2.41. The molecule has 2 fully saturated rings. The molecule has 114 valence electrons. The van der Waals surface area contributed by atoms with Gasteiger partial charge < -0.3 is 15.0 Å². The predicted molar refractivity (Wildman–Crippen MR) is 83.3 cm³/mol. The molecule has 21 heavy (non-hydrogen) atoms. The summed E-state index contributed by atoms with van der Waals surface area (Å²) in [6, 6.07) is 10.4. The van der Waals surface area contributed by atoms with Gasteiger partial charge in [0.2, 0.25) is 5.91 Å². The number of rotatable bonds is 6. The number of benzene rings is 1. The van der Waals surface area contributed by atoms with Gasteiger partial charge in [0, 0.05) is 24.9 Å². The molecule has 4 heteroatoms. The number of nitrogens with one attached hydrogen (secondary N) is 1. The lowest BCUT2D eigenvalue weighted by Gasteiger charge is -2.23. The summed E-state index contributed by atoms with van der Waals surface area (Å²) in [5.41, 5.74) is 0.994. The molecule has 3 atom stereocenters. The fraction of sp³-hybridized carbons (Fsp3) is 0.588. The van der Waals surface area contributed by atoms with Gasteiger partial charge in [0.1, 0.15) is 0 Å². The summed E-state index contributed by atoms with van der Waals surface area (Å²) in [7, 11) is 1.73. The molecule has 4 nitrogen and oxygen atoms in total. The van der Waals surface area contributed by atoms with E-state index in [0.717, 1.165) is 12.1 Å². The van der Waals surface area contributed by atoms with E-state index in [0.29, 0.717) is 18.6 Å². The minimum absolute atomic E-state index is 0.0824. The van der Waals surface area contributed by atoms with E-state index in [1.54, 1.807) is 7.11 Å². The molecule has 1 saturated carbocycles. The molecule has 2 aliphatic rings. The Balaban J connectivity index is 1.69. The molecule has 3 unspecified atom stereocenters. The number of nitrogens with zero attached hydrogens (tertiary/aromatic N) is 1. The number of carbonyl (C=O) groups is 1. The van der Waals surface area contributed by atoms with Crippen LogP contribution in [0.4, 0.5) is 5.69 Å². The highest BCUT2D eigenvalue weighted by Crippen LogP contribution is 2.34. The van der Waals surface area contributed by atoms with Gasteiger partial charge in [0.05, 0.1) is 12.6 Å². The van der Waals surface area contributed by atoms with E-state index >= 15 is 0 Å². The Bertz CT molecular complexity index is 487. The van der Waals surface area contributed by atoms with Crippen LogP contribution >= 0.6 is 0 Å². The normalized spacial score (nSPS) is 27.1. The summed E-state index contributed by atoms with van der Waals surface area (Å²) in [4.78, 5) is 14.6. The number of amides is 1. The van der Waals surface area contributed by atoms with Crippen molar-refractivity contribution >= 4 is 11.6 Å². The predicted octanol–water partition coefficient (Wildman–Crippen LogP) is 2.20. The van der Waals surface area contributed by atoms with E-state index in [1.807, 2.05) is 35.2 Å². The molecular weight excluding hydrogens is 264 g/mol. The average molecular weight is 288 g/mol. The van der Waals surface area contributed by atoms with E-state index < -0.39 is 0 Å². The molecule has 0 spiro atoms. The summed E-state index contributed by atoms with van der Waals surface area (Å²) >= 11 is 0. The van der Waals surface area contributed by atoms with Crippen LogP contribution in [0, 0.1) is 5.92 Å². The minimum Gasteiger partial charge on any atom is -0.383 e. The summed E-state index contributed by atoms with van der Waals surface area (Å²) in [5, 5.41) is 3.54. The van der Waals surface area contributed by atoms with Gasteiger partial charge in [-0.15, -0.1) is 0 Å². The number of ether oxygens (including phenoxy) is 1. The van der Waals surface area contributed by atoms with Gasteiger partial charge in [0.15, 0.2) is 0 Å². The maximum Gasteiger partial charge on any atom is 0.244 e. The first-order valence-electron chi connectivity index (χ1n) is 7.84. The highest BCUT2D eigenvalue weighted by molar-refractivity contribution is 6.00. The lowest BCUT2D eigenvalue weighted by atomic mass is 10.1. The number of carbonyl (C=O) groups excluding carboxylic acids is 1. The number of methoxy groups -OCH3 is 1. The zero-order valence-electron chi connectivity index (χ0n) is 12.8. The number of hydrogen-bond acceptors (Lipinski definition) is 3. The van der Waals surface area contributed by atoms with E-state index in [1.165, 1.54) is 12.8 Å². The van der Waals surface area contributed by atoms with Crippen molar-refractivity contribution in [2.45, 2.75) is 44.3 Å². The van der Waals surface area contributed by atoms with E-state index in [2.05, 4.69) is 12.2 Å². The van der Waals surface area contributed by atoms with Crippen molar-refractivity contribution in [2.75, 3.05) is 18.6 Å². The second-order valence-corrected chi connectivity index (χ2v) is 6.25. The Hall–Kier alpha value is -1.39. The van der Waals surface area contributed by atoms with Crippen LogP contribution < -0.4 is 10.2 Å². The molecular formula is C17H24N2O2. The van der Waals surface area contributed by atoms with Gasteiger partial charge in [0.25, 0.3) is 0 Å². The van der Waals surface area contributed by atoms with E-state index in [9.17, 15) is 4.79 Å². The fourth-order valence-electron chi connectivity index (χ4n) is 3.30. The molecule has 1 aromatic rings. The van der Waals surface area contributed by atoms with Crippen LogP contribution in [0.1, 0.15) is 26.2 Å². The second-order valence-electron chi connectivity index (χ2n) is 6.25. The van der Waals surface area contributed by atoms with Crippen molar-refractivity contribution in [1.29, 1.82) is 0 Å². The van der Waals surface area contributed by atoms with Crippen LogP contribution in [-0.4, -0.2) is 37.7 Å². The highest BCUT2D eigenvalue weighted by atomic mass is 16.5. The van der Waals surface area contributed by atoms with Gasteiger partial charge in [-0.05, 0) is 44.2 Å². The standard InChI is InChI=1S/C17H24N2O2/c1-12-10-15(18-16(11-21-2)13-8-9-13)17(20)19(12)14-6-4-3-5-7-14/h3-7,12-13,15-16,18H,8-11H2,1-2H3. The third-order valence-corrected chi connectivity index (χ3v) is 4.54. The Morgan fingerprint density at radius 2 is 2.05 bits per heavy atom. The Kier molecular flexibility index (Phi) is 4.27. The van der Waals surface area contributed by atoms with Crippen molar-refractivity contribution < 1.29 is 9.53 Å². The van der Waals surface area contributed by atoms with Crippen molar-refractivity contribution in [2.24, 2.45) is 5.92 Å². The topological polar surface area (TPSA) is 41.6 Å². The first-order chi connectivity index (χ1) is 10.2. The molecule has 0 bridgehead atoms. The zero-order chi connectivity index (χ0) is 14.8. The molecule has 0 radical (unpaired) electrons. The number of anilines is 1. The smallest absolute Gasteiger partial charge is 0.244 e. The van der Waals surface area contributed by atoms with Gasteiger partial charge in [-0.25, -0.2) is 0 Å². The summed E-state index contributed by atoms with van der Waals surface area (Å²) < 4.78 is 5.30. The quantitative estimate of drug-likeness (QED) is 0.872. The number of hydrogen-bond donors (Lipinski definition) is 1.